The number of ketones is 1. The van der Waals surface area contributed by atoms with Gasteiger partial charge in [-0.05, 0) is 29.8 Å². The molecule has 0 aliphatic carbocycles. The molecule has 0 fully saturated rings. The summed E-state index contributed by atoms with van der Waals surface area (Å²) in [6.45, 7) is 1.48. The summed E-state index contributed by atoms with van der Waals surface area (Å²) in [7, 11) is -3.62. The minimum absolute atomic E-state index is 0.0937. The largest absolute Gasteiger partial charge is 0.395 e. The molecule has 29 heavy (non-hydrogen) atoms. The third-order valence-corrected chi connectivity index (χ3v) is 6.15. The van der Waals surface area contributed by atoms with E-state index in [1.165, 1.54) is 6.07 Å². The monoisotopic (exact) mass is 432 g/mol. The Hall–Kier alpha value is -2.61. The van der Waals surface area contributed by atoms with Gasteiger partial charge in [0.2, 0.25) is 15.8 Å². The topological polar surface area (TPSA) is 99.3 Å². The van der Waals surface area contributed by atoms with Gasteiger partial charge in [0.05, 0.1) is 18.1 Å². The van der Waals surface area contributed by atoms with Crippen molar-refractivity contribution in [2.45, 2.75) is 12.8 Å². The highest BCUT2D eigenvalue weighted by Crippen LogP contribution is 2.32. The number of hydrogen-bond acceptors (Lipinski definition) is 4. The lowest BCUT2D eigenvalue weighted by Gasteiger charge is -2.14. The molecular weight excluding hydrogens is 412 g/mol. The number of anilines is 1. The van der Waals surface area contributed by atoms with Gasteiger partial charge < -0.3 is 10.1 Å². The predicted molar refractivity (Wildman–Crippen MR) is 114 cm³/mol. The summed E-state index contributed by atoms with van der Waals surface area (Å²) in [6, 6.07) is 17.5. The Balaban J connectivity index is 1.80. The Morgan fingerprint density at radius 3 is 2.52 bits per heavy atom. The van der Waals surface area contributed by atoms with E-state index in [-0.39, 0.29) is 17.5 Å². The smallest absolute Gasteiger partial charge is 0.234 e. The van der Waals surface area contributed by atoms with E-state index in [2.05, 4.69) is 9.71 Å². The summed E-state index contributed by atoms with van der Waals surface area (Å²) in [5.74, 6) is -0.615. The summed E-state index contributed by atoms with van der Waals surface area (Å²) < 4.78 is 25.9. The number of hydrogen-bond donors (Lipinski definition) is 3. The fourth-order valence-corrected chi connectivity index (χ4v) is 4.17. The van der Waals surface area contributed by atoms with Crippen LogP contribution in [0.15, 0.2) is 60.7 Å². The van der Waals surface area contributed by atoms with Gasteiger partial charge in [0, 0.05) is 27.9 Å². The molecule has 0 amide bonds. The number of halogens is 1. The van der Waals surface area contributed by atoms with Crippen molar-refractivity contribution in [3.05, 3.63) is 88.2 Å². The van der Waals surface area contributed by atoms with E-state index < -0.39 is 16.6 Å². The van der Waals surface area contributed by atoms with E-state index in [9.17, 15) is 13.2 Å². The molecular formula is C21H21ClN2O4S. The van der Waals surface area contributed by atoms with E-state index in [4.69, 9.17) is 16.7 Å². The van der Waals surface area contributed by atoms with Crippen molar-refractivity contribution in [3.8, 4) is 0 Å². The molecule has 3 aromatic rings. The van der Waals surface area contributed by atoms with E-state index >= 15 is 0 Å². The van der Waals surface area contributed by atoms with Gasteiger partial charge in [-0.25, -0.2) is 8.42 Å². The molecule has 8 heteroatoms. The highest BCUT2D eigenvalue weighted by Gasteiger charge is 2.18. The van der Waals surface area contributed by atoms with E-state index in [1.807, 2.05) is 31.2 Å². The van der Waals surface area contributed by atoms with Gasteiger partial charge in [-0.1, -0.05) is 54.9 Å². The highest BCUT2D eigenvalue weighted by atomic mass is 35.5. The maximum absolute atomic E-state index is 12.6. The number of carbonyl (C=O) groups excluding carboxylic acids is 1. The molecule has 0 aliphatic heterocycles. The molecule has 1 atom stereocenters. The van der Waals surface area contributed by atoms with Crippen molar-refractivity contribution in [1.82, 2.24) is 4.98 Å². The maximum atomic E-state index is 12.6. The normalized spacial score (nSPS) is 12.5. The zero-order chi connectivity index (χ0) is 21.0. The van der Waals surface area contributed by atoms with Gasteiger partial charge >= 0.3 is 0 Å². The predicted octanol–water partition coefficient (Wildman–Crippen LogP) is 3.78. The molecule has 2 aromatic carbocycles. The molecule has 6 nitrogen and oxygen atoms in total. The number of aliphatic hydroxyl groups excluding tert-OH is 1. The number of H-pyrrole nitrogens is 1. The van der Waals surface area contributed by atoms with Crippen LogP contribution in [0.3, 0.4) is 0 Å². The number of nitrogens with one attached hydrogen (secondary N) is 2. The van der Waals surface area contributed by atoms with Gasteiger partial charge in [0.25, 0.3) is 0 Å². The average Bonchev–Trinajstić information content (AvgIpc) is 3.17. The number of aromatic amines is 1. The Labute approximate surface area is 174 Å². The van der Waals surface area contributed by atoms with E-state index in [0.717, 1.165) is 11.3 Å². The second-order valence-electron chi connectivity index (χ2n) is 6.63. The summed E-state index contributed by atoms with van der Waals surface area (Å²) in [4.78, 5) is 15.7. The van der Waals surface area contributed by atoms with Crippen LogP contribution in [-0.2, 0) is 10.0 Å². The number of carbonyl (C=O) groups is 1. The first-order valence-electron chi connectivity index (χ1n) is 9.00. The molecule has 1 unspecified atom stereocenters. The lowest BCUT2D eigenvalue weighted by Crippen LogP contribution is -2.18. The van der Waals surface area contributed by atoms with Crippen LogP contribution in [0.1, 0.15) is 40.2 Å². The van der Waals surface area contributed by atoms with Gasteiger partial charge in [-0.15, -0.1) is 0 Å². The number of sulfonamides is 1. The van der Waals surface area contributed by atoms with E-state index in [0.29, 0.717) is 22.0 Å². The second-order valence-corrected chi connectivity index (χ2v) is 8.87. The van der Waals surface area contributed by atoms with Crippen molar-refractivity contribution in [2.24, 2.45) is 0 Å². The first kappa shape index (κ1) is 21.1. The van der Waals surface area contributed by atoms with Crippen LogP contribution in [0.25, 0.3) is 0 Å². The second kappa shape index (κ2) is 8.82. The number of aromatic nitrogens is 1. The maximum Gasteiger partial charge on any atom is 0.234 e. The van der Waals surface area contributed by atoms with E-state index in [1.54, 1.807) is 30.3 Å². The Morgan fingerprint density at radius 2 is 1.86 bits per heavy atom. The van der Waals surface area contributed by atoms with Crippen molar-refractivity contribution in [3.63, 3.8) is 0 Å². The van der Waals surface area contributed by atoms with Crippen LogP contribution < -0.4 is 4.72 Å². The highest BCUT2D eigenvalue weighted by molar-refractivity contribution is 7.92. The van der Waals surface area contributed by atoms with Gasteiger partial charge in [0.1, 0.15) is 0 Å². The lowest BCUT2D eigenvalue weighted by molar-refractivity contribution is 0.103. The summed E-state index contributed by atoms with van der Waals surface area (Å²) in [5.41, 5.74) is 3.02. The standard InChI is InChI=1S/C21H21ClN2O4S/c1-14(17-8-7-16(13-18(17)22)24-29(27,28)12-11-25)19-9-10-20(23-19)21(26)15-5-3-2-4-6-15/h2-10,13-14,23-25H,11-12H2,1H3. The molecule has 0 radical (unpaired) electrons. The minimum Gasteiger partial charge on any atom is -0.395 e. The van der Waals surface area contributed by atoms with Crippen LogP contribution in [0.5, 0.6) is 0 Å². The third kappa shape index (κ3) is 5.06. The van der Waals surface area contributed by atoms with Gasteiger partial charge in [0.15, 0.2) is 0 Å². The van der Waals surface area contributed by atoms with Crippen LogP contribution in [0.2, 0.25) is 5.02 Å². The quantitative estimate of drug-likeness (QED) is 0.471. The Bertz CT molecular complexity index is 1110. The molecule has 0 bridgehead atoms. The van der Waals surface area contributed by atoms with Crippen LogP contribution in [-0.4, -0.2) is 36.7 Å². The molecule has 1 aromatic heterocycles. The van der Waals surface area contributed by atoms with Crippen molar-refractivity contribution >= 4 is 33.1 Å². The zero-order valence-electron chi connectivity index (χ0n) is 15.7. The SMILES string of the molecule is CC(c1ccc(C(=O)c2ccccc2)[nH]1)c1ccc(NS(=O)(=O)CCO)cc1Cl. The molecule has 0 saturated heterocycles. The number of benzene rings is 2. The van der Waals surface area contributed by atoms with Gasteiger partial charge in [-0.3, -0.25) is 9.52 Å². The number of aliphatic hydroxyl groups is 1. The van der Waals surface area contributed by atoms with Crippen LogP contribution in [0, 0.1) is 0 Å². The summed E-state index contributed by atoms with van der Waals surface area (Å²) in [6.07, 6.45) is 0. The molecule has 3 rings (SSSR count). The molecule has 3 N–H and O–H groups in total. The van der Waals surface area contributed by atoms with Crippen molar-refractivity contribution in [1.29, 1.82) is 0 Å². The minimum atomic E-state index is -3.62. The molecule has 152 valence electrons. The first-order valence-corrected chi connectivity index (χ1v) is 11.0. The van der Waals surface area contributed by atoms with Crippen molar-refractivity contribution < 1.29 is 18.3 Å². The van der Waals surface area contributed by atoms with Crippen LogP contribution >= 0.6 is 11.6 Å². The van der Waals surface area contributed by atoms with Crippen molar-refractivity contribution in [2.75, 3.05) is 17.1 Å². The Kier molecular flexibility index (Phi) is 6.42. The fraction of sp³-hybridized carbons (Fsp3) is 0.190. The van der Waals surface area contributed by atoms with Crippen LogP contribution in [0.4, 0.5) is 5.69 Å². The first-order chi connectivity index (χ1) is 13.8. The zero-order valence-corrected chi connectivity index (χ0v) is 17.3. The molecule has 1 heterocycles. The number of rotatable bonds is 8. The summed E-state index contributed by atoms with van der Waals surface area (Å²) >= 11 is 6.38. The molecule has 0 aliphatic rings. The molecule has 0 spiro atoms. The third-order valence-electron chi connectivity index (χ3n) is 4.56. The lowest BCUT2D eigenvalue weighted by atomic mass is 9.98. The average molecular weight is 433 g/mol. The van der Waals surface area contributed by atoms with Gasteiger partial charge in [-0.2, -0.15) is 0 Å². The Morgan fingerprint density at radius 1 is 1.14 bits per heavy atom. The fourth-order valence-electron chi connectivity index (χ4n) is 3.00. The molecule has 0 saturated carbocycles. The summed E-state index contributed by atoms with van der Waals surface area (Å²) in [5, 5.41) is 9.21.